The third-order valence-corrected chi connectivity index (χ3v) is 3.59. The first kappa shape index (κ1) is 12.7. The van der Waals surface area contributed by atoms with Crippen molar-refractivity contribution in [1.29, 1.82) is 0 Å². The summed E-state index contributed by atoms with van der Waals surface area (Å²) < 4.78 is 4.67. The molecule has 0 aromatic carbocycles. The van der Waals surface area contributed by atoms with Gasteiger partial charge in [0.1, 0.15) is 5.82 Å². The van der Waals surface area contributed by atoms with Crippen molar-refractivity contribution in [3.8, 4) is 0 Å². The van der Waals surface area contributed by atoms with Gasteiger partial charge in [0, 0.05) is 37.5 Å². The molecule has 0 amide bonds. The highest BCUT2D eigenvalue weighted by Gasteiger charge is 2.16. The van der Waals surface area contributed by atoms with E-state index in [4.69, 9.17) is 5.73 Å². The van der Waals surface area contributed by atoms with E-state index in [0.29, 0.717) is 18.8 Å². The van der Waals surface area contributed by atoms with Gasteiger partial charge in [-0.2, -0.15) is 5.10 Å². The molecule has 0 radical (unpaired) electrons. The number of nitrogen functional groups attached to an aromatic ring is 1. The molecule has 0 bridgehead atoms. The Hall–Kier alpha value is -2.31. The highest BCUT2D eigenvalue weighted by molar-refractivity contribution is 5.33. The number of nitrogens with zero attached hydrogens (tertiary/aromatic N) is 4. The van der Waals surface area contributed by atoms with Crippen LogP contribution in [0.1, 0.15) is 18.7 Å². The van der Waals surface area contributed by atoms with Gasteiger partial charge in [-0.05, 0) is 18.9 Å². The van der Waals surface area contributed by atoms with E-state index < -0.39 is 0 Å². The Kier molecular flexibility index (Phi) is 3.17. The molecule has 106 valence electrons. The molecule has 0 unspecified atom stereocenters. The predicted octanol–water partition coefficient (Wildman–Crippen LogP) is -0.175. The number of rotatable bonds is 3. The quantitative estimate of drug-likeness (QED) is 0.842. The van der Waals surface area contributed by atoms with E-state index >= 15 is 0 Å². The minimum atomic E-state index is -0.128. The first-order valence-electron chi connectivity index (χ1n) is 6.77. The second kappa shape index (κ2) is 4.99. The van der Waals surface area contributed by atoms with Crippen LogP contribution in [0.25, 0.3) is 0 Å². The zero-order chi connectivity index (χ0) is 14.1. The lowest BCUT2D eigenvalue weighted by Gasteiger charge is -2.09. The zero-order valence-corrected chi connectivity index (χ0v) is 11.2. The molecule has 7 heteroatoms. The molecule has 1 aliphatic heterocycles. The number of anilines is 1. The maximum absolute atomic E-state index is 12.1. The molecular weight excluding hydrogens is 258 g/mol. The molecule has 7 nitrogen and oxygen atoms in total. The highest BCUT2D eigenvalue weighted by atomic mass is 16.2. The van der Waals surface area contributed by atoms with E-state index in [1.807, 2.05) is 0 Å². The lowest BCUT2D eigenvalue weighted by atomic mass is 10.2. The second-order valence-corrected chi connectivity index (χ2v) is 5.02. The molecule has 1 aliphatic rings. The number of hydrogen-bond acceptors (Lipinski definition) is 4. The van der Waals surface area contributed by atoms with Gasteiger partial charge < -0.3 is 10.3 Å². The first-order valence-corrected chi connectivity index (χ1v) is 6.77. The van der Waals surface area contributed by atoms with Crippen LogP contribution in [-0.4, -0.2) is 18.9 Å². The van der Waals surface area contributed by atoms with E-state index in [-0.39, 0.29) is 11.2 Å². The van der Waals surface area contributed by atoms with Crippen LogP contribution >= 0.6 is 0 Å². The van der Waals surface area contributed by atoms with Crippen molar-refractivity contribution in [2.45, 2.75) is 38.9 Å². The van der Waals surface area contributed by atoms with Gasteiger partial charge in [0.25, 0.3) is 5.56 Å². The Morgan fingerprint density at radius 2 is 2.05 bits per heavy atom. The second-order valence-electron chi connectivity index (χ2n) is 5.02. The Balaban J connectivity index is 1.82. The fourth-order valence-electron chi connectivity index (χ4n) is 2.52. The molecular formula is C13H17N5O2. The normalized spacial score (nSPS) is 14.2. The zero-order valence-electron chi connectivity index (χ0n) is 11.2. The van der Waals surface area contributed by atoms with Crippen LogP contribution < -0.4 is 17.0 Å². The number of fused-ring (bicyclic) bond motifs is 1. The number of pyridine rings is 1. The maximum Gasteiger partial charge on any atom is 0.345 e. The largest absolute Gasteiger partial charge is 0.398 e. The Morgan fingerprint density at radius 3 is 2.85 bits per heavy atom. The summed E-state index contributed by atoms with van der Waals surface area (Å²) in [7, 11) is 0. The highest BCUT2D eigenvalue weighted by Crippen LogP contribution is 2.09. The van der Waals surface area contributed by atoms with Crippen LogP contribution in [0, 0.1) is 0 Å². The summed E-state index contributed by atoms with van der Waals surface area (Å²) in [5.74, 6) is 0.848. The van der Waals surface area contributed by atoms with Crippen molar-refractivity contribution < 1.29 is 0 Å². The summed E-state index contributed by atoms with van der Waals surface area (Å²) in [6, 6.07) is 3.00. The van der Waals surface area contributed by atoms with Crippen LogP contribution in [0.3, 0.4) is 0 Å². The smallest absolute Gasteiger partial charge is 0.345 e. The Morgan fingerprint density at radius 1 is 1.20 bits per heavy atom. The van der Waals surface area contributed by atoms with E-state index in [9.17, 15) is 9.59 Å². The first-order chi connectivity index (χ1) is 9.65. The van der Waals surface area contributed by atoms with Crippen LogP contribution in [0.4, 0.5) is 5.69 Å². The summed E-state index contributed by atoms with van der Waals surface area (Å²) in [6.07, 6.45) is 4.53. The van der Waals surface area contributed by atoms with Gasteiger partial charge in [-0.1, -0.05) is 0 Å². The molecule has 3 heterocycles. The van der Waals surface area contributed by atoms with Crippen LogP contribution in [-0.2, 0) is 26.1 Å². The number of nitrogens with two attached hydrogens (primary N) is 1. The van der Waals surface area contributed by atoms with E-state index in [1.54, 1.807) is 16.8 Å². The summed E-state index contributed by atoms with van der Waals surface area (Å²) in [5, 5.41) is 4.34. The lowest BCUT2D eigenvalue weighted by molar-refractivity contribution is 0.498. The average molecular weight is 275 g/mol. The number of hydrogen-bond donors (Lipinski definition) is 1. The summed E-state index contributed by atoms with van der Waals surface area (Å²) in [6.45, 7) is 1.51. The minimum absolute atomic E-state index is 0.0864. The van der Waals surface area contributed by atoms with Gasteiger partial charge in [0.15, 0.2) is 0 Å². The molecule has 2 aromatic rings. The molecule has 20 heavy (non-hydrogen) atoms. The van der Waals surface area contributed by atoms with Crippen LogP contribution in [0.5, 0.6) is 0 Å². The van der Waals surface area contributed by atoms with Gasteiger partial charge in [-0.25, -0.2) is 9.48 Å². The van der Waals surface area contributed by atoms with E-state index in [1.165, 1.54) is 15.3 Å². The van der Waals surface area contributed by atoms with Crippen molar-refractivity contribution >= 4 is 5.69 Å². The van der Waals surface area contributed by atoms with Crippen molar-refractivity contribution in [3.63, 3.8) is 0 Å². The van der Waals surface area contributed by atoms with Gasteiger partial charge in [-0.15, -0.1) is 0 Å². The van der Waals surface area contributed by atoms with Gasteiger partial charge >= 0.3 is 5.69 Å². The summed E-state index contributed by atoms with van der Waals surface area (Å²) in [4.78, 5) is 23.8. The van der Waals surface area contributed by atoms with Crippen molar-refractivity contribution in [2.75, 3.05) is 5.73 Å². The van der Waals surface area contributed by atoms with Crippen molar-refractivity contribution in [3.05, 3.63) is 45.0 Å². The molecule has 0 saturated carbocycles. The Labute approximate surface area is 115 Å². The number of aromatic nitrogens is 4. The molecule has 2 aromatic heterocycles. The fraction of sp³-hybridized carbons (Fsp3) is 0.462. The summed E-state index contributed by atoms with van der Waals surface area (Å²) >= 11 is 0. The molecule has 0 aliphatic carbocycles. The monoisotopic (exact) mass is 275 g/mol. The maximum atomic E-state index is 12.1. The lowest BCUT2D eigenvalue weighted by Crippen LogP contribution is -2.29. The standard InChI is InChI=1S/C13H17N5O2/c14-10-4-5-12(19)16(9-10)7-8-18-13(20)17-6-2-1-3-11(17)15-18/h4-5,9H,1-3,6-8,14H2. The van der Waals surface area contributed by atoms with Crippen LogP contribution in [0.15, 0.2) is 27.9 Å². The van der Waals surface area contributed by atoms with E-state index in [2.05, 4.69) is 5.10 Å². The van der Waals surface area contributed by atoms with Crippen molar-refractivity contribution in [1.82, 2.24) is 18.9 Å². The fourth-order valence-corrected chi connectivity index (χ4v) is 2.52. The SMILES string of the molecule is Nc1ccc(=O)n(CCn2nc3n(c2=O)CCCC3)c1. The molecule has 2 N–H and O–H groups in total. The predicted molar refractivity (Wildman–Crippen MR) is 74.5 cm³/mol. The van der Waals surface area contributed by atoms with Crippen LogP contribution in [0.2, 0.25) is 0 Å². The molecule has 0 spiro atoms. The third-order valence-electron chi connectivity index (χ3n) is 3.59. The third kappa shape index (κ3) is 2.26. The Bertz CT molecular complexity index is 740. The average Bonchev–Trinajstić information content (AvgIpc) is 2.77. The molecule has 0 saturated heterocycles. The van der Waals surface area contributed by atoms with Gasteiger partial charge in [-0.3, -0.25) is 9.36 Å². The van der Waals surface area contributed by atoms with Gasteiger partial charge in [0.05, 0.1) is 6.54 Å². The minimum Gasteiger partial charge on any atom is -0.398 e. The molecule has 0 fully saturated rings. The van der Waals surface area contributed by atoms with Crippen molar-refractivity contribution in [2.24, 2.45) is 0 Å². The van der Waals surface area contributed by atoms with Gasteiger partial charge in [0.2, 0.25) is 0 Å². The molecule has 3 rings (SSSR count). The topological polar surface area (TPSA) is 87.8 Å². The number of aryl methyl sites for hydroxylation is 3. The van der Waals surface area contributed by atoms with E-state index in [0.717, 1.165) is 31.6 Å². The molecule has 0 atom stereocenters. The summed E-state index contributed by atoms with van der Waals surface area (Å²) in [5.41, 5.74) is 5.97.